The van der Waals surface area contributed by atoms with Crippen molar-refractivity contribution in [3.8, 4) is 0 Å². The molecular weight excluding hydrogens is 394 g/mol. The predicted molar refractivity (Wildman–Crippen MR) is 124 cm³/mol. The number of hydrogen-bond donors (Lipinski definition) is 2. The van der Waals surface area contributed by atoms with Crippen LogP contribution in [0, 0.1) is 10.1 Å². The highest BCUT2D eigenvalue weighted by atomic mass is 16.6. The van der Waals surface area contributed by atoms with E-state index in [1.165, 1.54) is 17.8 Å². The maximum atomic E-state index is 12.2. The van der Waals surface area contributed by atoms with E-state index in [2.05, 4.69) is 51.6 Å². The van der Waals surface area contributed by atoms with Gasteiger partial charge in [-0.05, 0) is 37.6 Å². The van der Waals surface area contributed by atoms with Gasteiger partial charge in [0, 0.05) is 75.2 Å². The number of piperazine rings is 1. The van der Waals surface area contributed by atoms with Crippen LogP contribution in [0.5, 0.6) is 0 Å². The number of nitrogens with one attached hydrogen (secondary N) is 2. The van der Waals surface area contributed by atoms with E-state index in [1.54, 1.807) is 12.1 Å². The zero-order valence-corrected chi connectivity index (χ0v) is 18.0. The Morgan fingerprint density at radius 2 is 1.74 bits per heavy atom. The summed E-state index contributed by atoms with van der Waals surface area (Å²) in [5, 5.41) is 16.9. The van der Waals surface area contributed by atoms with Crippen LogP contribution < -0.4 is 15.5 Å². The smallest absolute Gasteiger partial charge is 0.269 e. The van der Waals surface area contributed by atoms with Crippen molar-refractivity contribution in [2.24, 2.45) is 0 Å². The van der Waals surface area contributed by atoms with Crippen LogP contribution >= 0.6 is 0 Å². The number of amides is 1. The molecule has 1 fully saturated rings. The summed E-state index contributed by atoms with van der Waals surface area (Å²) in [5.74, 6) is 0.0558. The molecule has 8 nitrogen and oxygen atoms in total. The highest BCUT2D eigenvalue weighted by Gasteiger charge is 2.21. The van der Waals surface area contributed by atoms with E-state index in [-0.39, 0.29) is 11.6 Å². The number of para-hydroxylation sites is 1. The van der Waals surface area contributed by atoms with Gasteiger partial charge in [0.25, 0.3) is 5.69 Å². The lowest BCUT2D eigenvalue weighted by molar-refractivity contribution is -0.384. The molecule has 3 rings (SSSR count). The number of nitro groups is 1. The summed E-state index contributed by atoms with van der Waals surface area (Å²) in [6, 6.07) is 17.1. The second-order valence-electron chi connectivity index (χ2n) is 7.85. The van der Waals surface area contributed by atoms with Gasteiger partial charge in [-0.2, -0.15) is 0 Å². The van der Waals surface area contributed by atoms with Gasteiger partial charge in [0.15, 0.2) is 0 Å². The summed E-state index contributed by atoms with van der Waals surface area (Å²) >= 11 is 0. The molecule has 0 aromatic heterocycles. The van der Waals surface area contributed by atoms with Crippen molar-refractivity contribution >= 4 is 23.0 Å². The molecule has 2 aromatic carbocycles. The summed E-state index contributed by atoms with van der Waals surface area (Å²) in [5.41, 5.74) is 2.15. The molecule has 166 valence electrons. The Labute approximate surface area is 183 Å². The third-order valence-electron chi connectivity index (χ3n) is 5.64. The van der Waals surface area contributed by atoms with Gasteiger partial charge in [0.1, 0.15) is 0 Å². The van der Waals surface area contributed by atoms with Gasteiger partial charge >= 0.3 is 0 Å². The molecule has 1 unspecified atom stereocenters. The summed E-state index contributed by atoms with van der Waals surface area (Å²) in [4.78, 5) is 27.2. The molecule has 0 aliphatic carbocycles. The fourth-order valence-electron chi connectivity index (χ4n) is 3.72. The molecule has 1 aliphatic heterocycles. The first-order chi connectivity index (χ1) is 15.0. The van der Waals surface area contributed by atoms with E-state index in [1.807, 2.05) is 6.07 Å². The van der Waals surface area contributed by atoms with Gasteiger partial charge in [-0.1, -0.05) is 18.2 Å². The van der Waals surface area contributed by atoms with Crippen LogP contribution in [0.2, 0.25) is 0 Å². The summed E-state index contributed by atoms with van der Waals surface area (Å²) in [6.45, 7) is 7.43. The molecule has 0 bridgehead atoms. The lowest BCUT2D eigenvalue weighted by Crippen LogP contribution is -2.52. The molecule has 0 spiro atoms. The first-order valence-corrected chi connectivity index (χ1v) is 10.8. The van der Waals surface area contributed by atoms with Gasteiger partial charge in [0.2, 0.25) is 5.91 Å². The predicted octanol–water partition coefficient (Wildman–Crippen LogP) is 3.11. The molecule has 1 atom stereocenters. The monoisotopic (exact) mass is 425 g/mol. The third kappa shape index (κ3) is 6.96. The maximum Gasteiger partial charge on any atom is 0.269 e. The molecular formula is C23H31N5O3. The summed E-state index contributed by atoms with van der Waals surface area (Å²) < 4.78 is 0. The fourth-order valence-corrected chi connectivity index (χ4v) is 3.72. The van der Waals surface area contributed by atoms with Gasteiger partial charge in [0.05, 0.1) is 4.92 Å². The lowest BCUT2D eigenvalue weighted by atomic mass is 10.2. The van der Waals surface area contributed by atoms with E-state index >= 15 is 0 Å². The molecule has 1 saturated heterocycles. The second-order valence-corrected chi connectivity index (χ2v) is 7.85. The Morgan fingerprint density at radius 3 is 2.39 bits per heavy atom. The molecule has 0 saturated carbocycles. The number of benzene rings is 2. The zero-order valence-electron chi connectivity index (χ0n) is 18.0. The van der Waals surface area contributed by atoms with Gasteiger partial charge < -0.3 is 15.5 Å². The number of hydrogen-bond acceptors (Lipinski definition) is 6. The number of anilines is 2. The average Bonchev–Trinajstić information content (AvgIpc) is 2.81. The van der Waals surface area contributed by atoms with E-state index in [9.17, 15) is 14.9 Å². The van der Waals surface area contributed by atoms with Crippen molar-refractivity contribution in [1.82, 2.24) is 10.2 Å². The average molecular weight is 426 g/mol. The van der Waals surface area contributed by atoms with Gasteiger partial charge in [-0.25, -0.2) is 0 Å². The van der Waals surface area contributed by atoms with E-state index < -0.39 is 4.92 Å². The van der Waals surface area contributed by atoms with E-state index in [0.717, 1.165) is 31.9 Å². The van der Waals surface area contributed by atoms with Crippen LogP contribution in [0.1, 0.15) is 19.8 Å². The van der Waals surface area contributed by atoms with Crippen molar-refractivity contribution in [2.75, 3.05) is 49.5 Å². The van der Waals surface area contributed by atoms with Crippen LogP contribution in [0.15, 0.2) is 54.6 Å². The third-order valence-corrected chi connectivity index (χ3v) is 5.64. The lowest BCUT2D eigenvalue weighted by Gasteiger charge is -2.39. The first-order valence-electron chi connectivity index (χ1n) is 10.8. The van der Waals surface area contributed by atoms with Crippen LogP contribution in [0.3, 0.4) is 0 Å². The number of carbonyl (C=O) groups is 1. The molecule has 31 heavy (non-hydrogen) atoms. The highest BCUT2D eigenvalue weighted by molar-refractivity contribution is 5.75. The number of non-ortho nitro benzene ring substituents is 1. The number of carbonyl (C=O) groups excluding carboxylic acids is 1. The number of nitrogens with zero attached hydrogens (tertiary/aromatic N) is 3. The Balaban J connectivity index is 1.28. The maximum absolute atomic E-state index is 12.2. The molecule has 0 radical (unpaired) electrons. The SMILES string of the molecule is CC(CNC(=O)CCCNc1ccc([N+](=O)[O-])cc1)N1CCN(c2ccccc2)CC1. The van der Waals surface area contributed by atoms with Gasteiger partial charge in [-0.15, -0.1) is 0 Å². The quantitative estimate of drug-likeness (QED) is 0.345. The van der Waals surface area contributed by atoms with E-state index in [4.69, 9.17) is 0 Å². The minimum Gasteiger partial charge on any atom is -0.385 e. The summed E-state index contributed by atoms with van der Waals surface area (Å²) in [6.07, 6.45) is 1.15. The van der Waals surface area contributed by atoms with Crippen molar-refractivity contribution in [3.63, 3.8) is 0 Å². The molecule has 2 aromatic rings. The Hall–Kier alpha value is -3.13. The standard InChI is InChI=1S/C23H31N5O3/c1-19(26-14-16-27(17-15-26)21-6-3-2-4-7-21)18-25-23(29)8-5-13-24-20-9-11-22(12-10-20)28(30)31/h2-4,6-7,9-12,19,24H,5,8,13-18H2,1H3,(H,25,29). The van der Waals surface area contributed by atoms with Crippen molar-refractivity contribution in [1.29, 1.82) is 0 Å². The minimum atomic E-state index is -0.418. The van der Waals surface area contributed by atoms with Crippen molar-refractivity contribution in [2.45, 2.75) is 25.8 Å². The summed E-state index contributed by atoms with van der Waals surface area (Å²) in [7, 11) is 0. The molecule has 2 N–H and O–H groups in total. The minimum absolute atomic E-state index is 0.0558. The number of rotatable bonds is 10. The topological polar surface area (TPSA) is 90.7 Å². The highest BCUT2D eigenvalue weighted by Crippen LogP contribution is 2.17. The van der Waals surface area contributed by atoms with E-state index in [0.29, 0.717) is 32.0 Å². The fraction of sp³-hybridized carbons (Fsp3) is 0.435. The van der Waals surface area contributed by atoms with Gasteiger partial charge in [-0.3, -0.25) is 19.8 Å². The van der Waals surface area contributed by atoms with Crippen molar-refractivity contribution < 1.29 is 9.72 Å². The first kappa shape index (κ1) is 22.6. The normalized spacial score (nSPS) is 15.3. The molecule has 1 aliphatic rings. The molecule has 8 heteroatoms. The second kappa shape index (κ2) is 11.3. The zero-order chi connectivity index (χ0) is 22.1. The number of nitro benzene ring substituents is 1. The largest absolute Gasteiger partial charge is 0.385 e. The Kier molecular flexibility index (Phi) is 8.23. The van der Waals surface area contributed by atoms with Crippen LogP contribution in [-0.2, 0) is 4.79 Å². The molecule has 1 heterocycles. The van der Waals surface area contributed by atoms with Crippen LogP contribution in [0.4, 0.5) is 17.1 Å². The Morgan fingerprint density at radius 1 is 1.06 bits per heavy atom. The van der Waals surface area contributed by atoms with Crippen molar-refractivity contribution in [3.05, 3.63) is 64.7 Å². The van der Waals surface area contributed by atoms with Crippen LogP contribution in [-0.4, -0.2) is 61.0 Å². The van der Waals surface area contributed by atoms with Crippen LogP contribution in [0.25, 0.3) is 0 Å². The Bertz CT molecular complexity index is 836. The molecule has 1 amide bonds.